The van der Waals surface area contributed by atoms with Gasteiger partial charge in [-0.05, 0) is 24.3 Å². The molecule has 4 aromatic rings. The standard InChI is InChI=1S/C21H17N3O2S/c25-19(15-7-2-1-3-8-15)14-27-21-23-18-11-5-4-10-17(18)20(24-21)22-13-16-9-6-12-26-16/h1-12H,13-14H2,(H,22,23,24). The van der Waals surface area contributed by atoms with E-state index < -0.39 is 0 Å². The van der Waals surface area contributed by atoms with Crippen molar-refractivity contribution in [3.05, 3.63) is 84.3 Å². The molecule has 0 unspecified atom stereocenters. The Morgan fingerprint density at radius 3 is 2.59 bits per heavy atom. The fraction of sp³-hybridized carbons (Fsp3) is 0.0952. The number of carbonyl (C=O) groups excluding carboxylic acids is 1. The molecule has 27 heavy (non-hydrogen) atoms. The molecule has 0 fully saturated rings. The van der Waals surface area contributed by atoms with Crippen molar-refractivity contribution >= 4 is 34.3 Å². The molecule has 0 radical (unpaired) electrons. The fourth-order valence-corrected chi connectivity index (χ4v) is 3.42. The lowest BCUT2D eigenvalue weighted by Gasteiger charge is -2.09. The maximum Gasteiger partial charge on any atom is 0.190 e. The van der Waals surface area contributed by atoms with Gasteiger partial charge in [0.25, 0.3) is 0 Å². The number of hydrogen-bond donors (Lipinski definition) is 1. The number of Topliss-reactive ketones (excluding diaryl/α,β-unsaturated/α-hetero) is 1. The van der Waals surface area contributed by atoms with Gasteiger partial charge in [-0.25, -0.2) is 9.97 Å². The van der Waals surface area contributed by atoms with E-state index in [1.807, 2.05) is 66.7 Å². The molecule has 0 spiro atoms. The van der Waals surface area contributed by atoms with Gasteiger partial charge in [0.05, 0.1) is 24.1 Å². The third-order valence-corrected chi connectivity index (χ3v) is 4.87. The predicted octanol–water partition coefficient (Wildman–Crippen LogP) is 4.81. The molecule has 0 atom stereocenters. The summed E-state index contributed by atoms with van der Waals surface area (Å²) in [6.07, 6.45) is 1.64. The molecule has 0 aliphatic carbocycles. The Morgan fingerprint density at radius 2 is 1.78 bits per heavy atom. The number of nitrogens with zero attached hydrogens (tertiary/aromatic N) is 2. The molecular formula is C21H17N3O2S. The minimum Gasteiger partial charge on any atom is -0.467 e. The van der Waals surface area contributed by atoms with Crippen LogP contribution in [0.5, 0.6) is 0 Å². The summed E-state index contributed by atoms with van der Waals surface area (Å²) in [7, 11) is 0. The fourth-order valence-electron chi connectivity index (χ4n) is 2.68. The molecule has 5 nitrogen and oxygen atoms in total. The second-order valence-electron chi connectivity index (χ2n) is 5.88. The minimum absolute atomic E-state index is 0.0578. The zero-order valence-corrected chi connectivity index (χ0v) is 15.3. The van der Waals surface area contributed by atoms with E-state index in [0.29, 0.717) is 23.0 Å². The van der Waals surface area contributed by atoms with Crippen molar-refractivity contribution < 1.29 is 9.21 Å². The van der Waals surface area contributed by atoms with E-state index >= 15 is 0 Å². The van der Waals surface area contributed by atoms with Gasteiger partial charge in [-0.2, -0.15) is 0 Å². The van der Waals surface area contributed by atoms with Gasteiger partial charge in [-0.1, -0.05) is 54.2 Å². The number of benzene rings is 2. The average molecular weight is 375 g/mol. The monoisotopic (exact) mass is 375 g/mol. The average Bonchev–Trinajstić information content (AvgIpc) is 3.24. The quantitative estimate of drug-likeness (QED) is 0.284. The van der Waals surface area contributed by atoms with Gasteiger partial charge < -0.3 is 9.73 Å². The Morgan fingerprint density at radius 1 is 0.963 bits per heavy atom. The van der Waals surface area contributed by atoms with Gasteiger partial charge in [0, 0.05) is 10.9 Å². The van der Waals surface area contributed by atoms with Gasteiger partial charge >= 0.3 is 0 Å². The number of thioether (sulfide) groups is 1. The maximum atomic E-state index is 12.3. The lowest BCUT2D eigenvalue weighted by atomic mass is 10.2. The van der Waals surface area contributed by atoms with E-state index in [0.717, 1.165) is 22.5 Å². The molecule has 2 heterocycles. The molecule has 2 aromatic carbocycles. The molecule has 0 saturated heterocycles. The topological polar surface area (TPSA) is 68.0 Å². The van der Waals surface area contributed by atoms with E-state index in [9.17, 15) is 4.79 Å². The van der Waals surface area contributed by atoms with E-state index in [4.69, 9.17) is 4.42 Å². The molecule has 4 rings (SSSR count). The first kappa shape index (κ1) is 17.3. The molecule has 0 aliphatic heterocycles. The molecule has 1 N–H and O–H groups in total. The molecule has 0 amide bonds. The van der Waals surface area contributed by atoms with Gasteiger partial charge in [-0.3, -0.25) is 4.79 Å². The second-order valence-corrected chi connectivity index (χ2v) is 6.83. The molecular weight excluding hydrogens is 358 g/mol. The summed E-state index contributed by atoms with van der Waals surface area (Å²) in [6, 6.07) is 20.8. The normalized spacial score (nSPS) is 10.8. The zero-order valence-electron chi connectivity index (χ0n) is 14.5. The van der Waals surface area contributed by atoms with Crippen LogP contribution in [0, 0.1) is 0 Å². The van der Waals surface area contributed by atoms with Crippen molar-refractivity contribution in [3.8, 4) is 0 Å². The highest BCUT2D eigenvalue weighted by atomic mass is 32.2. The van der Waals surface area contributed by atoms with Crippen LogP contribution in [0.2, 0.25) is 0 Å². The Kier molecular flexibility index (Phi) is 5.16. The lowest BCUT2D eigenvalue weighted by Crippen LogP contribution is -2.05. The number of ketones is 1. The van der Waals surface area contributed by atoms with Crippen molar-refractivity contribution in [2.75, 3.05) is 11.1 Å². The van der Waals surface area contributed by atoms with Crippen LogP contribution in [0.4, 0.5) is 5.82 Å². The summed E-state index contributed by atoms with van der Waals surface area (Å²) in [5.74, 6) is 1.90. The van der Waals surface area contributed by atoms with E-state index in [1.165, 1.54) is 11.8 Å². The van der Waals surface area contributed by atoms with Crippen LogP contribution < -0.4 is 5.32 Å². The molecule has 134 valence electrons. The third-order valence-electron chi connectivity index (χ3n) is 4.02. The van der Waals surface area contributed by atoms with E-state index in [-0.39, 0.29) is 5.78 Å². The van der Waals surface area contributed by atoms with Crippen molar-refractivity contribution in [3.63, 3.8) is 0 Å². The SMILES string of the molecule is O=C(CSc1nc(NCc2ccco2)c2ccccc2n1)c1ccccc1. The van der Waals surface area contributed by atoms with Crippen molar-refractivity contribution in [2.45, 2.75) is 11.7 Å². The van der Waals surface area contributed by atoms with E-state index in [1.54, 1.807) is 6.26 Å². The first-order valence-electron chi connectivity index (χ1n) is 8.54. The Bertz CT molecular complexity index is 1050. The molecule has 0 bridgehead atoms. The van der Waals surface area contributed by atoms with Gasteiger partial charge in [0.1, 0.15) is 11.6 Å². The third kappa shape index (κ3) is 4.17. The summed E-state index contributed by atoms with van der Waals surface area (Å²) in [5.41, 5.74) is 1.53. The minimum atomic E-state index is 0.0578. The summed E-state index contributed by atoms with van der Waals surface area (Å²) in [4.78, 5) is 21.5. The summed E-state index contributed by atoms with van der Waals surface area (Å²) >= 11 is 1.34. The summed E-state index contributed by atoms with van der Waals surface area (Å²) in [6.45, 7) is 0.529. The molecule has 0 aliphatic rings. The number of nitrogens with one attached hydrogen (secondary N) is 1. The number of para-hydroxylation sites is 1. The maximum absolute atomic E-state index is 12.3. The molecule has 2 aromatic heterocycles. The van der Waals surface area contributed by atoms with Crippen molar-refractivity contribution in [2.24, 2.45) is 0 Å². The number of carbonyl (C=O) groups is 1. The zero-order chi connectivity index (χ0) is 18.5. The number of aromatic nitrogens is 2. The summed E-state index contributed by atoms with van der Waals surface area (Å²) < 4.78 is 5.37. The van der Waals surface area contributed by atoms with Crippen LogP contribution in [0.1, 0.15) is 16.1 Å². The number of furan rings is 1. The van der Waals surface area contributed by atoms with E-state index in [2.05, 4.69) is 15.3 Å². The predicted molar refractivity (Wildman–Crippen MR) is 107 cm³/mol. The van der Waals surface area contributed by atoms with Crippen LogP contribution in [-0.4, -0.2) is 21.5 Å². The largest absolute Gasteiger partial charge is 0.467 e. The van der Waals surface area contributed by atoms with Gasteiger partial charge in [-0.15, -0.1) is 0 Å². The van der Waals surface area contributed by atoms with Crippen LogP contribution >= 0.6 is 11.8 Å². The number of fused-ring (bicyclic) bond motifs is 1. The van der Waals surface area contributed by atoms with Crippen LogP contribution in [-0.2, 0) is 6.54 Å². The smallest absolute Gasteiger partial charge is 0.190 e. The van der Waals surface area contributed by atoms with Crippen LogP contribution in [0.25, 0.3) is 10.9 Å². The first-order valence-corrected chi connectivity index (χ1v) is 9.52. The van der Waals surface area contributed by atoms with Crippen molar-refractivity contribution in [1.82, 2.24) is 9.97 Å². The highest BCUT2D eigenvalue weighted by Crippen LogP contribution is 2.25. The Labute approximate surface area is 160 Å². The van der Waals surface area contributed by atoms with Gasteiger partial charge in [0.2, 0.25) is 0 Å². The summed E-state index contributed by atoms with van der Waals surface area (Å²) in [5, 5.41) is 4.81. The number of rotatable bonds is 7. The Hall–Kier alpha value is -3.12. The van der Waals surface area contributed by atoms with Crippen molar-refractivity contribution in [1.29, 1.82) is 0 Å². The van der Waals surface area contributed by atoms with Gasteiger partial charge in [0.15, 0.2) is 10.9 Å². The number of anilines is 1. The first-order chi connectivity index (χ1) is 13.3. The molecule has 6 heteroatoms. The highest BCUT2D eigenvalue weighted by Gasteiger charge is 2.11. The number of hydrogen-bond acceptors (Lipinski definition) is 6. The second kappa shape index (κ2) is 8.05. The van der Waals surface area contributed by atoms with Crippen LogP contribution in [0.3, 0.4) is 0 Å². The lowest BCUT2D eigenvalue weighted by molar-refractivity contribution is 0.102. The Balaban J connectivity index is 1.54. The molecule has 0 saturated carbocycles. The van der Waals surface area contributed by atoms with Crippen LogP contribution in [0.15, 0.2) is 82.6 Å². The highest BCUT2D eigenvalue weighted by molar-refractivity contribution is 7.99.